The topological polar surface area (TPSA) is 227 Å². The van der Waals surface area contributed by atoms with Crippen molar-refractivity contribution in [3.8, 4) is 0 Å². The van der Waals surface area contributed by atoms with Gasteiger partial charge in [0.25, 0.3) is 0 Å². The Balaban J connectivity index is 2.53. The Kier molecular flexibility index (Phi) is 33.9. The maximum atomic E-state index is 12.8. The summed E-state index contributed by atoms with van der Waals surface area (Å²) in [7, 11) is -4.74. The molecular weight excluding hydrogens is 831 g/mol. The molecule has 1 fully saturated rings. The first-order chi connectivity index (χ1) is 30.3. The summed E-state index contributed by atoms with van der Waals surface area (Å²) in [5.41, 5.74) is 0. The number of aliphatic hydroxyl groups is 5. The van der Waals surface area contributed by atoms with E-state index in [4.69, 9.17) is 19.1 Å². The maximum absolute atomic E-state index is 12.8. The summed E-state index contributed by atoms with van der Waals surface area (Å²) in [6.45, 7) is 1.63. The average Bonchev–Trinajstić information content (AvgIpc) is 3.52. The van der Waals surface area contributed by atoms with Crippen molar-refractivity contribution in [2.24, 2.45) is 11.8 Å². The van der Waals surface area contributed by atoms with Gasteiger partial charge in [-0.15, -0.1) is 0 Å². The molecule has 63 heavy (non-hydrogen) atoms. The van der Waals surface area contributed by atoms with Crippen LogP contribution in [0, 0.1) is 11.8 Å². The van der Waals surface area contributed by atoms with Gasteiger partial charge in [0.1, 0.15) is 18.5 Å². The Bertz CT molecular complexity index is 1500. The minimum atomic E-state index is -4.74. The number of rotatable bonds is 37. The van der Waals surface area contributed by atoms with Crippen LogP contribution in [0.25, 0.3) is 0 Å². The Morgan fingerprint density at radius 1 is 0.698 bits per heavy atom. The Morgan fingerprint density at radius 2 is 1.27 bits per heavy atom. The minimum absolute atomic E-state index is 0.0223. The van der Waals surface area contributed by atoms with E-state index in [-0.39, 0.29) is 37.9 Å². The molecule has 0 aromatic carbocycles. The van der Waals surface area contributed by atoms with Crippen LogP contribution in [0.15, 0.2) is 85.1 Å². The number of phosphoric ester groups is 1. The van der Waals surface area contributed by atoms with Crippen molar-refractivity contribution in [3.05, 3.63) is 85.1 Å². The second-order valence-corrected chi connectivity index (χ2v) is 17.1. The molecule has 8 atom stereocenters. The molecule has 15 heteroatoms. The van der Waals surface area contributed by atoms with Gasteiger partial charge in [-0.25, -0.2) is 4.57 Å². The van der Waals surface area contributed by atoms with E-state index < -0.39 is 88.5 Å². The van der Waals surface area contributed by atoms with Crippen molar-refractivity contribution in [2.45, 2.75) is 160 Å². The van der Waals surface area contributed by atoms with Crippen LogP contribution in [0.4, 0.5) is 0 Å². The molecule has 1 aliphatic carbocycles. The first kappa shape index (κ1) is 57.7. The van der Waals surface area contributed by atoms with Crippen LogP contribution in [0.2, 0.25) is 0 Å². The van der Waals surface area contributed by atoms with Crippen LogP contribution in [0.1, 0.15) is 129 Å². The lowest BCUT2D eigenvalue weighted by atomic mass is 9.87. The van der Waals surface area contributed by atoms with Gasteiger partial charge >= 0.3 is 19.8 Å². The third-order valence-electron chi connectivity index (χ3n) is 10.0. The standard InChI is InChI=1S/C48H77O14P/c1-3-5-7-8-9-10-11-12-13-14-15-16-17-18-19-20-21-22-24-30-48(56)62-42(38-61-63(57,58)60-36-41(52)35-49)37-59-47(55)29-26-25-28-40(51)33-44-43(45(53)34-46(44)54)32-31-39(50)27-23-6-4-2/h5,7,9-10,12-13,15-16,18-19,21-22,31-32,39,41-46,49-50,52-54H,3-4,6,8,11,14,17,20,23-30,33-38H2,1-2H3,(H,57,58)/b7-5-,10-9-,13-12-,16-15-,19-18-,22-21-,32-31+/t39-,41-,42+,43+,44+,45+,46-/m0/s1. The molecule has 1 rings (SSSR count). The first-order valence-corrected chi connectivity index (χ1v) is 24.2. The fraction of sp³-hybridized carbons (Fsp3) is 0.646. The minimum Gasteiger partial charge on any atom is -0.462 e. The number of Topliss-reactive ketones (excluding diaryl/α,β-unsaturated/α-hetero) is 1. The molecular formula is C48H77O14P. The number of ether oxygens (including phenoxy) is 2. The number of phosphoric acid groups is 1. The van der Waals surface area contributed by atoms with Gasteiger partial charge in [-0.3, -0.25) is 23.4 Å². The van der Waals surface area contributed by atoms with Crippen molar-refractivity contribution in [1.82, 2.24) is 0 Å². The van der Waals surface area contributed by atoms with E-state index in [9.17, 15) is 44.3 Å². The number of allylic oxidation sites excluding steroid dienone is 12. The van der Waals surface area contributed by atoms with Crippen molar-refractivity contribution in [1.29, 1.82) is 0 Å². The number of carbonyl (C=O) groups is 3. The molecule has 6 N–H and O–H groups in total. The van der Waals surface area contributed by atoms with Crippen LogP contribution in [-0.2, 0) is 37.5 Å². The number of esters is 2. The molecule has 0 aliphatic heterocycles. The Labute approximate surface area is 375 Å². The monoisotopic (exact) mass is 909 g/mol. The zero-order valence-corrected chi connectivity index (χ0v) is 38.5. The van der Waals surface area contributed by atoms with Crippen LogP contribution < -0.4 is 0 Å². The molecule has 0 heterocycles. The molecule has 0 aromatic heterocycles. The number of hydrogen-bond donors (Lipinski definition) is 6. The van der Waals surface area contributed by atoms with E-state index in [0.717, 1.165) is 51.4 Å². The molecule has 0 radical (unpaired) electrons. The number of carbonyl (C=O) groups excluding carboxylic acids is 3. The maximum Gasteiger partial charge on any atom is 0.472 e. The van der Waals surface area contributed by atoms with E-state index in [1.54, 1.807) is 12.2 Å². The second-order valence-electron chi connectivity index (χ2n) is 15.7. The number of ketones is 1. The smallest absolute Gasteiger partial charge is 0.462 e. The summed E-state index contributed by atoms with van der Waals surface area (Å²) in [4.78, 5) is 48.0. The SMILES string of the molecule is CC/C=C\C/C=C\C/C=C\C/C=C\C/C=C\C/C=C\CCC(=O)O[C@H](COC(=O)CCCCC(=O)C[C@@H]1[C@@H](/C=C/[C@@H](O)CCCCC)[C@H](O)C[C@@H]1O)COP(=O)(O)OC[C@@H](O)CO. The summed E-state index contributed by atoms with van der Waals surface area (Å²) < 4.78 is 32.5. The van der Waals surface area contributed by atoms with Crippen molar-refractivity contribution >= 4 is 25.5 Å². The van der Waals surface area contributed by atoms with Crippen LogP contribution in [0.3, 0.4) is 0 Å². The highest BCUT2D eigenvalue weighted by atomic mass is 31.2. The highest BCUT2D eigenvalue weighted by Crippen LogP contribution is 2.43. The largest absolute Gasteiger partial charge is 0.472 e. The molecule has 1 saturated carbocycles. The first-order valence-electron chi connectivity index (χ1n) is 22.7. The van der Waals surface area contributed by atoms with Crippen LogP contribution >= 0.6 is 7.82 Å². The van der Waals surface area contributed by atoms with Crippen LogP contribution in [-0.4, -0.2) is 105 Å². The normalized spacial score (nSPS) is 20.9. The summed E-state index contributed by atoms with van der Waals surface area (Å²) in [6.07, 6.45) is 33.4. The van der Waals surface area contributed by atoms with Crippen molar-refractivity contribution < 1.29 is 67.9 Å². The predicted molar refractivity (Wildman–Crippen MR) is 244 cm³/mol. The molecule has 14 nitrogen and oxygen atoms in total. The fourth-order valence-electron chi connectivity index (χ4n) is 6.48. The summed E-state index contributed by atoms with van der Waals surface area (Å²) in [5, 5.41) is 49.7. The summed E-state index contributed by atoms with van der Waals surface area (Å²) in [5.74, 6) is -2.39. The van der Waals surface area contributed by atoms with Gasteiger partial charge in [0.2, 0.25) is 0 Å². The van der Waals surface area contributed by atoms with E-state index >= 15 is 0 Å². The van der Waals surface area contributed by atoms with Crippen molar-refractivity contribution in [2.75, 3.05) is 26.4 Å². The van der Waals surface area contributed by atoms with Crippen molar-refractivity contribution in [3.63, 3.8) is 0 Å². The lowest BCUT2D eigenvalue weighted by Crippen LogP contribution is -2.29. The van der Waals surface area contributed by atoms with Gasteiger partial charge in [-0.1, -0.05) is 118 Å². The Morgan fingerprint density at radius 3 is 1.86 bits per heavy atom. The molecule has 0 saturated heterocycles. The van der Waals surface area contributed by atoms with E-state index in [2.05, 4.69) is 73.1 Å². The van der Waals surface area contributed by atoms with E-state index in [1.807, 2.05) is 18.2 Å². The van der Waals surface area contributed by atoms with Gasteiger partial charge in [0, 0.05) is 43.9 Å². The zero-order valence-electron chi connectivity index (χ0n) is 37.6. The number of aliphatic hydroxyl groups excluding tert-OH is 5. The quantitative estimate of drug-likeness (QED) is 0.0152. The Hall–Kier alpha value is -3.30. The van der Waals surface area contributed by atoms with E-state index in [0.29, 0.717) is 32.1 Å². The molecule has 1 unspecified atom stereocenters. The highest BCUT2D eigenvalue weighted by Gasteiger charge is 2.41. The van der Waals surface area contributed by atoms with Gasteiger partial charge in [-0.2, -0.15) is 0 Å². The summed E-state index contributed by atoms with van der Waals surface area (Å²) in [6, 6.07) is 0. The van der Waals surface area contributed by atoms with Gasteiger partial charge < -0.3 is 39.9 Å². The number of hydrogen-bond acceptors (Lipinski definition) is 13. The fourth-order valence-corrected chi connectivity index (χ4v) is 7.27. The third kappa shape index (κ3) is 31.3. The third-order valence-corrected chi connectivity index (χ3v) is 11.0. The lowest BCUT2D eigenvalue weighted by molar-refractivity contribution is -0.161. The molecule has 0 bridgehead atoms. The average molecular weight is 909 g/mol. The molecule has 1 aliphatic rings. The van der Waals surface area contributed by atoms with Gasteiger partial charge in [0.15, 0.2) is 6.10 Å². The molecule has 358 valence electrons. The zero-order chi connectivity index (χ0) is 46.6. The molecule has 0 amide bonds. The second kappa shape index (κ2) is 37.0. The summed E-state index contributed by atoms with van der Waals surface area (Å²) >= 11 is 0. The predicted octanol–water partition coefficient (Wildman–Crippen LogP) is 7.78. The molecule has 0 aromatic rings. The number of unbranched alkanes of at least 4 members (excludes halogenated alkanes) is 3. The molecule has 0 spiro atoms. The van der Waals surface area contributed by atoms with Crippen LogP contribution in [0.5, 0.6) is 0 Å². The van der Waals surface area contributed by atoms with Gasteiger partial charge in [-0.05, 0) is 64.2 Å². The lowest BCUT2D eigenvalue weighted by Gasteiger charge is -2.20. The highest BCUT2D eigenvalue weighted by molar-refractivity contribution is 7.47. The van der Waals surface area contributed by atoms with E-state index in [1.165, 1.54) is 0 Å². The van der Waals surface area contributed by atoms with Gasteiger partial charge in [0.05, 0.1) is 38.1 Å².